The van der Waals surface area contributed by atoms with Gasteiger partial charge >= 0.3 is 11.9 Å². The summed E-state index contributed by atoms with van der Waals surface area (Å²) in [5.74, 6) is -2.60. The number of carbonyl (C=O) groups excluding carboxylic acids is 1. The molecule has 0 aliphatic carbocycles. The van der Waals surface area contributed by atoms with Gasteiger partial charge in [-0.2, -0.15) is 0 Å². The van der Waals surface area contributed by atoms with Crippen LogP contribution in [0.4, 0.5) is 0 Å². The molecule has 0 radical (unpaired) electrons. The van der Waals surface area contributed by atoms with Crippen molar-refractivity contribution in [3.8, 4) is 0 Å². The maximum absolute atomic E-state index is 10.1. The summed E-state index contributed by atoms with van der Waals surface area (Å²) < 4.78 is 0. The summed E-state index contributed by atoms with van der Waals surface area (Å²) in [4.78, 5) is 29.7. The van der Waals surface area contributed by atoms with E-state index in [1.807, 2.05) is 0 Å². The minimum absolute atomic E-state index is 0.0213. The van der Waals surface area contributed by atoms with Crippen molar-refractivity contribution >= 4 is 17.8 Å². The zero-order valence-electron chi connectivity index (χ0n) is 8.92. The lowest BCUT2D eigenvalue weighted by Crippen LogP contribution is -2.31. The molecule has 8 nitrogen and oxygen atoms in total. The largest absolute Gasteiger partial charge is 0.480 e. The number of primary amides is 1. The Balaban J connectivity index is 0. The summed E-state index contributed by atoms with van der Waals surface area (Å²) in [6, 6.07) is -1.71. The second-order valence-electron chi connectivity index (χ2n) is 3.08. The summed E-state index contributed by atoms with van der Waals surface area (Å²) in [6.07, 6.45) is 0.123. The highest BCUT2D eigenvalue weighted by Gasteiger charge is 2.11. The lowest BCUT2D eigenvalue weighted by atomic mass is 10.2. The van der Waals surface area contributed by atoms with Gasteiger partial charge < -0.3 is 27.4 Å². The maximum atomic E-state index is 10.1. The number of carboxylic acids is 2. The third-order valence-corrected chi connectivity index (χ3v) is 1.41. The minimum Gasteiger partial charge on any atom is -0.480 e. The second kappa shape index (κ2) is 8.62. The van der Waals surface area contributed by atoms with Crippen molar-refractivity contribution in [2.75, 3.05) is 0 Å². The van der Waals surface area contributed by atoms with Crippen molar-refractivity contribution in [2.24, 2.45) is 17.2 Å². The maximum Gasteiger partial charge on any atom is 0.320 e. The van der Waals surface area contributed by atoms with Crippen LogP contribution in [0.15, 0.2) is 0 Å². The number of rotatable bonds is 5. The molecule has 1 amide bonds. The third-order valence-electron chi connectivity index (χ3n) is 1.41. The van der Waals surface area contributed by atoms with Gasteiger partial charge in [-0.3, -0.25) is 14.4 Å². The number of carboxylic acid groups (broad SMARTS) is 2. The highest BCUT2D eigenvalue weighted by atomic mass is 16.4. The van der Waals surface area contributed by atoms with Crippen LogP contribution in [0.1, 0.15) is 19.8 Å². The molecule has 0 aromatic heterocycles. The van der Waals surface area contributed by atoms with Gasteiger partial charge in [-0.15, -0.1) is 0 Å². The fourth-order valence-corrected chi connectivity index (χ4v) is 0.421. The van der Waals surface area contributed by atoms with Crippen molar-refractivity contribution in [1.82, 2.24) is 0 Å². The molecule has 94 valence electrons. The molecule has 0 rings (SSSR count). The van der Waals surface area contributed by atoms with E-state index in [0.717, 1.165) is 0 Å². The van der Waals surface area contributed by atoms with E-state index in [1.165, 1.54) is 6.92 Å². The van der Waals surface area contributed by atoms with Gasteiger partial charge in [0.1, 0.15) is 12.1 Å². The Hall–Kier alpha value is -1.67. The first-order chi connectivity index (χ1) is 7.18. The fraction of sp³-hybridized carbons (Fsp3) is 0.625. The molecule has 16 heavy (non-hydrogen) atoms. The Labute approximate surface area is 92.4 Å². The molecule has 8 heteroatoms. The summed E-state index contributed by atoms with van der Waals surface area (Å²) in [7, 11) is 0. The molecule has 1 unspecified atom stereocenters. The molecule has 8 N–H and O–H groups in total. The van der Waals surface area contributed by atoms with Crippen LogP contribution in [-0.2, 0) is 14.4 Å². The molecular formula is C8H17N3O5. The van der Waals surface area contributed by atoms with Crippen LogP contribution in [0.2, 0.25) is 0 Å². The van der Waals surface area contributed by atoms with E-state index in [4.69, 9.17) is 27.4 Å². The van der Waals surface area contributed by atoms with Crippen LogP contribution in [-0.4, -0.2) is 40.1 Å². The molecule has 0 aromatic carbocycles. The fourth-order valence-electron chi connectivity index (χ4n) is 0.421. The van der Waals surface area contributed by atoms with Gasteiger partial charge in [0.25, 0.3) is 0 Å². The van der Waals surface area contributed by atoms with E-state index >= 15 is 0 Å². The Morgan fingerprint density at radius 3 is 1.69 bits per heavy atom. The summed E-state index contributed by atoms with van der Waals surface area (Å²) in [5.41, 5.74) is 14.6. The van der Waals surface area contributed by atoms with Crippen LogP contribution in [0.25, 0.3) is 0 Å². The number of hydrogen-bond donors (Lipinski definition) is 5. The SMILES string of the molecule is C[C@H](N)C(=O)O.NC(=O)CCC(N)C(=O)O. The van der Waals surface area contributed by atoms with Gasteiger partial charge in [0, 0.05) is 6.42 Å². The highest BCUT2D eigenvalue weighted by Crippen LogP contribution is 1.92. The predicted molar refractivity (Wildman–Crippen MR) is 55.3 cm³/mol. The molecule has 0 aliphatic heterocycles. The van der Waals surface area contributed by atoms with E-state index < -0.39 is 29.9 Å². The monoisotopic (exact) mass is 235 g/mol. The second-order valence-corrected chi connectivity index (χ2v) is 3.08. The van der Waals surface area contributed by atoms with Crippen molar-refractivity contribution in [3.05, 3.63) is 0 Å². The van der Waals surface area contributed by atoms with E-state index in [2.05, 4.69) is 0 Å². The number of carbonyl (C=O) groups is 3. The first-order valence-electron chi connectivity index (χ1n) is 4.43. The predicted octanol–water partition coefficient (Wildman–Crippen LogP) is -1.92. The summed E-state index contributed by atoms with van der Waals surface area (Å²) >= 11 is 0. The van der Waals surface area contributed by atoms with Crippen LogP contribution in [0.3, 0.4) is 0 Å². The van der Waals surface area contributed by atoms with Gasteiger partial charge in [0.05, 0.1) is 0 Å². The summed E-state index contributed by atoms with van der Waals surface area (Å²) in [6.45, 7) is 1.42. The number of amides is 1. The van der Waals surface area contributed by atoms with Crippen LogP contribution in [0.5, 0.6) is 0 Å². The molecule has 0 aromatic rings. The first kappa shape index (κ1) is 16.7. The highest BCUT2D eigenvalue weighted by molar-refractivity contribution is 5.77. The molecular weight excluding hydrogens is 218 g/mol. The summed E-state index contributed by atoms with van der Waals surface area (Å²) in [5, 5.41) is 16.1. The van der Waals surface area contributed by atoms with E-state index in [9.17, 15) is 14.4 Å². The zero-order valence-corrected chi connectivity index (χ0v) is 8.92. The normalized spacial score (nSPS) is 12.9. The van der Waals surface area contributed by atoms with Gasteiger partial charge in [0.15, 0.2) is 0 Å². The molecule has 0 saturated heterocycles. The average Bonchev–Trinajstić information content (AvgIpc) is 2.14. The third kappa shape index (κ3) is 12.3. The van der Waals surface area contributed by atoms with Crippen molar-refractivity contribution < 1.29 is 24.6 Å². The van der Waals surface area contributed by atoms with Crippen LogP contribution >= 0.6 is 0 Å². The Morgan fingerprint density at radius 2 is 1.50 bits per heavy atom. The van der Waals surface area contributed by atoms with E-state index in [1.54, 1.807) is 0 Å². The van der Waals surface area contributed by atoms with Crippen molar-refractivity contribution in [3.63, 3.8) is 0 Å². The Kier molecular flexibility index (Phi) is 9.03. The van der Waals surface area contributed by atoms with Gasteiger partial charge in [-0.05, 0) is 13.3 Å². The molecule has 0 spiro atoms. The van der Waals surface area contributed by atoms with Gasteiger partial charge in [-0.1, -0.05) is 0 Å². The van der Waals surface area contributed by atoms with Crippen LogP contribution in [0, 0.1) is 0 Å². The number of hydrogen-bond acceptors (Lipinski definition) is 5. The van der Waals surface area contributed by atoms with Crippen molar-refractivity contribution in [2.45, 2.75) is 31.8 Å². The van der Waals surface area contributed by atoms with Crippen LogP contribution < -0.4 is 17.2 Å². The Bertz CT molecular complexity index is 254. The van der Waals surface area contributed by atoms with E-state index in [-0.39, 0.29) is 12.8 Å². The smallest absolute Gasteiger partial charge is 0.320 e. The lowest BCUT2D eigenvalue weighted by Gasteiger charge is -2.01. The molecule has 0 aliphatic rings. The Morgan fingerprint density at radius 1 is 1.12 bits per heavy atom. The molecule has 0 fully saturated rings. The number of aliphatic carboxylic acids is 2. The topological polar surface area (TPSA) is 170 Å². The molecule has 2 atom stereocenters. The minimum atomic E-state index is -1.11. The number of nitrogens with two attached hydrogens (primary N) is 3. The average molecular weight is 235 g/mol. The van der Waals surface area contributed by atoms with Gasteiger partial charge in [0.2, 0.25) is 5.91 Å². The van der Waals surface area contributed by atoms with Crippen molar-refractivity contribution in [1.29, 1.82) is 0 Å². The lowest BCUT2D eigenvalue weighted by molar-refractivity contribution is -0.139. The molecule has 0 bridgehead atoms. The standard InChI is InChI=1S/C5H10N2O3.C3H7NO2/c6-3(5(9)10)1-2-4(7)8;1-2(4)3(5)6/h3H,1-2,6H2,(H2,7,8)(H,9,10);2H,4H2,1H3,(H,5,6)/t;2-/m.0/s1. The zero-order chi connectivity index (χ0) is 13.3. The molecule has 0 saturated carbocycles. The van der Waals surface area contributed by atoms with E-state index in [0.29, 0.717) is 0 Å². The quantitative estimate of drug-likeness (QED) is 0.369. The molecule has 0 heterocycles. The van der Waals surface area contributed by atoms with Gasteiger partial charge in [-0.25, -0.2) is 0 Å². The first-order valence-corrected chi connectivity index (χ1v) is 4.43.